The average Bonchev–Trinajstić information content (AvgIpc) is 3.36. The highest BCUT2D eigenvalue weighted by Crippen LogP contribution is 2.31. The lowest BCUT2D eigenvalue weighted by Crippen LogP contribution is -2.04. The third kappa shape index (κ3) is 3.88. The molecule has 0 bridgehead atoms. The van der Waals surface area contributed by atoms with Gasteiger partial charge in [0.1, 0.15) is 0 Å². The molecule has 142 valence electrons. The number of rotatable bonds is 5. The van der Waals surface area contributed by atoms with Crippen molar-refractivity contribution in [3.63, 3.8) is 0 Å². The number of para-hydroxylation sites is 1. The van der Waals surface area contributed by atoms with Gasteiger partial charge < -0.3 is 4.52 Å². The summed E-state index contributed by atoms with van der Waals surface area (Å²) >= 11 is 1.27. The summed E-state index contributed by atoms with van der Waals surface area (Å²) in [5.74, 6) is 0.600. The Morgan fingerprint density at radius 3 is 2.64 bits per heavy atom. The largest absolute Gasteiger partial charge is 0.416 e. The Labute approximate surface area is 160 Å². The molecule has 4 rings (SSSR count). The monoisotopic (exact) mass is 404 g/mol. The molecule has 2 aromatic carbocycles. The molecular formula is C17H11F3N6OS. The molecule has 2 heterocycles. The van der Waals surface area contributed by atoms with E-state index < -0.39 is 11.7 Å². The number of nitrogens with zero attached hydrogens (tertiary/aromatic N) is 6. The third-order valence-electron chi connectivity index (χ3n) is 3.68. The molecule has 0 aliphatic rings. The summed E-state index contributed by atoms with van der Waals surface area (Å²) in [4.78, 5) is 4.16. The Hall–Kier alpha value is -3.21. The van der Waals surface area contributed by atoms with Gasteiger partial charge in [-0.2, -0.15) is 22.8 Å². The fourth-order valence-corrected chi connectivity index (χ4v) is 3.12. The van der Waals surface area contributed by atoms with Gasteiger partial charge in [-0.3, -0.25) is 0 Å². The molecule has 0 spiro atoms. The SMILES string of the molecule is FC(F)(F)c1cccc(-c2noc(CSc3nnnn3-c3ccccc3)n2)c1. The zero-order chi connectivity index (χ0) is 19.6. The van der Waals surface area contributed by atoms with Crippen molar-refractivity contribution in [2.24, 2.45) is 0 Å². The van der Waals surface area contributed by atoms with E-state index in [4.69, 9.17) is 4.52 Å². The number of thioether (sulfide) groups is 1. The van der Waals surface area contributed by atoms with Crippen molar-refractivity contribution in [2.45, 2.75) is 17.1 Å². The van der Waals surface area contributed by atoms with Crippen molar-refractivity contribution in [1.82, 2.24) is 30.3 Å². The summed E-state index contributed by atoms with van der Waals surface area (Å²) in [5.41, 5.74) is 0.252. The van der Waals surface area contributed by atoms with E-state index in [0.717, 1.165) is 17.8 Å². The predicted molar refractivity (Wildman–Crippen MR) is 93.5 cm³/mol. The number of halogens is 3. The van der Waals surface area contributed by atoms with Crippen LogP contribution in [0.5, 0.6) is 0 Å². The van der Waals surface area contributed by atoms with Crippen molar-refractivity contribution >= 4 is 11.8 Å². The number of tetrazole rings is 1. The molecule has 28 heavy (non-hydrogen) atoms. The molecule has 0 saturated carbocycles. The molecule has 0 aliphatic heterocycles. The van der Waals surface area contributed by atoms with E-state index in [1.807, 2.05) is 30.3 Å². The van der Waals surface area contributed by atoms with Crippen LogP contribution in [0.3, 0.4) is 0 Å². The predicted octanol–water partition coefficient (Wildman–Crippen LogP) is 4.02. The fourth-order valence-electron chi connectivity index (χ4n) is 2.39. The van der Waals surface area contributed by atoms with Gasteiger partial charge in [0.2, 0.25) is 16.9 Å². The molecule has 11 heteroatoms. The maximum Gasteiger partial charge on any atom is 0.416 e. The van der Waals surface area contributed by atoms with Crippen LogP contribution in [-0.2, 0) is 11.9 Å². The minimum Gasteiger partial charge on any atom is -0.338 e. The van der Waals surface area contributed by atoms with Crippen LogP contribution in [0.2, 0.25) is 0 Å². The molecule has 0 saturated heterocycles. The quantitative estimate of drug-likeness (QED) is 0.465. The number of hydrogen-bond acceptors (Lipinski definition) is 7. The van der Waals surface area contributed by atoms with Crippen LogP contribution < -0.4 is 0 Å². The van der Waals surface area contributed by atoms with Crippen molar-refractivity contribution in [3.8, 4) is 17.1 Å². The molecule has 0 N–H and O–H groups in total. The molecule has 0 aliphatic carbocycles. The van der Waals surface area contributed by atoms with Gasteiger partial charge in [-0.1, -0.05) is 47.3 Å². The summed E-state index contributed by atoms with van der Waals surface area (Å²) in [6, 6.07) is 14.1. The van der Waals surface area contributed by atoms with Crippen molar-refractivity contribution in [2.75, 3.05) is 0 Å². The van der Waals surface area contributed by atoms with Gasteiger partial charge in [-0.25, -0.2) is 0 Å². The maximum absolute atomic E-state index is 12.9. The van der Waals surface area contributed by atoms with Crippen LogP contribution in [0.1, 0.15) is 11.5 Å². The molecule has 7 nitrogen and oxygen atoms in total. The number of aromatic nitrogens is 6. The first-order valence-electron chi connectivity index (χ1n) is 7.97. The Morgan fingerprint density at radius 2 is 1.86 bits per heavy atom. The van der Waals surface area contributed by atoms with Crippen LogP contribution in [0, 0.1) is 0 Å². The van der Waals surface area contributed by atoms with E-state index >= 15 is 0 Å². The van der Waals surface area contributed by atoms with E-state index in [-0.39, 0.29) is 23.0 Å². The molecule has 0 fully saturated rings. The second kappa shape index (κ2) is 7.43. The van der Waals surface area contributed by atoms with Gasteiger partial charge in [-0.05, 0) is 34.7 Å². The number of alkyl halides is 3. The first-order valence-corrected chi connectivity index (χ1v) is 8.96. The van der Waals surface area contributed by atoms with E-state index in [9.17, 15) is 13.2 Å². The van der Waals surface area contributed by atoms with Crippen LogP contribution in [-0.4, -0.2) is 30.3 Å². The summed E-state index contributed by atoms with van der Waals surface area (Å²) in [6.45, 7) is 0. The van der Waals surface area contributed by atoms with Crippen molar-refractivity contribution in [1.29, 1.82) is 0 Å². The number of benzene rings is 2. The van der Waals surface area contributed by atoms with Crippen LogP contribution in [0.25, 0.3) is 17.1 Å². The Bertz CT molecular complexity index is 1080. The van der Waals surface area contributed by atoms with Crippen molar-refractivity contribution < 1.29 is 17.7 Å². The van der Waals surface area contributed by atoms with Gasteiger partial charge in [0.25, 0.3) is 0 Å². The fraction of sp³-hybridized carbons (Fsp3) is 0.118. The Balaban J connectivity index is 1.49. The van der Waals surface area contributed by atoms with Crippen LogP contribution in [0.4, 0.5) is 13.2 Å². The van der Waals surface area contributed by atoms with Crippen LogP contribution in [0.15, 0.2) is 64.3 Å². The molecular weight excluding hydrogens is 393 g/mol. The molecule has 0 atom stereocenters. The lowest BCUT2D eigenvalue weighted by atomic mass is 10.1. The third-order valence-corrected chi connectivity index (χ3v) is 4.59. The summed E-state index contributed by atoms with van der Waals surface area (Å²) < 4.78 is 45.3. The maximum atomic E-state index is 12.9. The molecule has 0 radical (unpaired) electrons. The summed E-state index contributed by atoms with van der Waals surface area (Å²) in [6.07, 6.45) is -4.44. The van der Waals surface area contributed by atoms with E-state index in [1.165, 1.54) is 23.9 Å². The van der Waals surface area contributed by atoms with Gasteiger partial charge in [0, 0.05) is 5.56 Å². The lowest BCUT2D eigenvalue weighted by molar-refractivity contribution is -0.137. The lowest BCUT2D eigenvalue weighted by Gasteiger charge is -2.06. The zero-order valence-electron chi connectivity index (χ0n) is 14.0. The summed E-state index contributed by atoms with van der Waals surface area (Å²) in [7, 11) is 0. The van der Waals surface area contributed by atoms with Gasteiger partial charge >= 0.3 is 6.18 Å². The molecule has 0 unspecified atom stereocenters. The normalized spacial score (nSPS) is 11.7. The van der Waals surface area contributed by atoms with Gasteiger partial charge in [-0.15, -0.1) is 5.10 Å². The Morgan fingerprint density at radius 1 is 1.04 bits per heavy atom. The topological polar surface area (TPSA) is 82.5 Å². The summed E-state index contributed by atoms with van der Waals surface area (Å²) in [5, 5.41) is 15.9. The zero-order valence-corrected chi connectivity index (χ0v) is 14.9. The van der Waals surface area contributed by atoms with Gasteiger partial charge in [0.15, 0.2) is 0 Å². The first-order chi connectivity index (χ1) is 13.5. The van der Waals surface area contributed by atoms with E-state index in [2.05, 4.69) is 25.7 Å². The minimum absolute atomic E-state index is 0.0874. The minimum atomic E-state index is -4.44. The standard InChI is InChI=1S/C17H11F3N6OS/c18-17(19,20)12-6-4-5-11(9-12)15-21-14(27-23-15)10-28-16-22-24-25-26(16)13-7-2-1-3-8-13/h1-9H,10H2. The molecule has 0 amide bonds. The average molecular weight is 404 g/mol. The van der Waals surface area contributed by atoms with E-state index in [0.29, 0.717) is 5.16 Å². The highest BCUT2D eigenvalue weighted by Gasteiger charge is 2.30. The molecule has 4 aromatic rings. The highest BCUT2D eigenvalue weighted by molar-refractivity contribution is 7.98. The smallest absolute Gasteiger partial charge is 0.338 e. The van der Waals surface area contributed by atoms with Gasteiger partial charge in [0.05, 0.1) is 17.0 Å². The highest BCUT2D eigenvalue weighted by atomic mass is 32.2. The number of hydrogen-bond donors (Lipinski definition) is 0. The van der Waals surface area contributed by atoms with Crippen LogP contribution >= 0.6 is 11.8 Å². The van der Waals surface area contributed by atoms with E-state index in [1.54, 1.807) is 4.68 Å². The second-order valence-corrected chi connectivity index (χ2v) is 6.53. The molecule has 2 aromatic heterocycles. The first kappa shape index (κ1) is 18.2. The van der Waals surface area contributed by atoms with Crippen molar-refractivity contribution in [3.05, 3.63) is 66.1 Å². The Kier molecular flexibility index (Phi) is 4.82. The second-order valence-electron chi connectivity index (χ2n) is 5.59.